The van der Waals surface area contributed by atoms with E-state index in [2.05, 4.69) is 27.4 Å². The van der Waals surface area contributed by atoms with Crippen molar-refractivity contribution >= 4 is 25.7 Å². The van der Waals surface area contributed by atoms with Crippen LogP contribution in [0.25, 0.3) is 0 Å². The predicted octanol–water partition coefficient (Wildman–Crippen LogP) is 3.41. The first-order valence-electron chi connectivity index (χ1n) is 6.69. The number of hydrogen-bond donors (Lipinski definition) is 0. The van der Waals surface area contributed by atoms with Crippen LogP contribution in [0, 0.1) is 0 Å². The number of carboxylic acids is 1. The van der Waals surface area contributed by atoms with Crippen molar-refractivity contribution in [3.63, 3.8) is 0 Å². The fourth-order valence-electron chi connectivity index (χ4n) is 1.41. The summed E-state index contributed by atoms with van der Waals surface area (Å²) in [5, 5.41) is 9.49. The van der Waals surface area contributed by atoms with Crippen LogP contribution in [0.4, 0.5) is 0 Å². The van der Waals surface area contributed by atoms with Crippen LogP contribution >= 0.6 is 0 Å². The third-order valence-electron chi connectivity index (χ3n) is 2.73. The minimum absolute atomic E-state index is 0.0648. The number of carboxylic acid groups (broad SMARTS) is 1. The van der Waals surface area contributed by atoms with Crippen LogP contribution in [0.15, 0.2) is 12.2 Å². The summed E-state index contributed by atoms with van der Waals surface area (Å²) in [6, 6.07) is 0. The second-order valence-corrected chi connectivity index (χ2v) is 14.1. The Hall–Kier alpha value is 0.00870. The van der Waals surface area contributed by atoms with E-state index in [9.17, 15) is 9.90 Å². The van der Waals surface area contributed by atoms with Crippen molar-refractivity contribution in [3.8, 4) is 0 Å². The van der Waals surface area contributed by atoms with Crippen LogP contribution in [0.3, 0.4) is 0 Å². The van der Waals surface area contributed by atoms with Crippen LogP contribution in [0.5, 0.6) is 0 Å². The number of carbonyl (C=O) groups is 1. The molecular formula is C14H28O2Sn. The van der Waals surface area contributed by atoms with E-state index >= 15 is 0 Å². The Bertz CT molecular complexity index is 186. The summed E-state index contributed by atoms with van der Waals surface area (Å²) in [5.74, 6) is -1.19. The van der Waals surface area contributed by atoms with Gasteiger partial charge in [-0.2, -0.15) is 0 Å². The van der Waals surface area contributed by atoms with Crippen molar-refractivity contribution in [2.75, 3.05) is 0 Å². The number of carbonyl (C=O) groups excluding carboxylic acids is 1. The van der Waals surface area contributed by atoms with Gasteiger partial charge in [0.1, 0.15) is 0 Å². The molecule has 0 aromatic heterocycles. The van der Waals surface area contributed by atoms with E-state index in [1.165, 1.54) is 26.2 Å². The van der Waals surface area contributed by atoms with Crippen LogP contribution < -0.4 is 5.11 Å². The molecule has 100 valence electrons. The molecule has 0 amide bonds. The van der Waals surface area contributed by atoms with Gasteiger partial charge in [0.15, 0.2) is 0 Å². The molecule has 0 N–H and O–H groups in total. The Morgan fingerprint density at radius 2 is 1.59 bits per heavy atom. The van der Waals surface area contributed by atoms with E-state index in [-0.39, 0.29) is 5.57 Å². The van der Waals surface area contributed by atoms with Gasteiger partial charge in [0.2, 0.25) is 0 Å². The molecule has 0 atom stereocenters. The van der Waals surface area contributed by atoms with Crippen molar-refractivity contribution in [2.45, 2.75) is 66.7 Å². The SMILES string of the molecule is C=C(C)C(=O)[O-].CCCCC[CH2][Sn+]([CH2]C)[CH2]C. The third kappa shape index (κ3) is 16.0. The third-order valence-corrected chi connectivity index (χ3v) is 11.5. The van der Waals surface area contributed by atoms with E-state index in [0.717, 1.165) is 0 Å². The van der Waals surface area contributed by atoms with E-state index in [1.54, 1.807) is 19.7 Å². The number of rotatable bonds is 8. The van der Waals surface area contributed by atoms with Gasteiger partial charge >= 0.3 is 79.5 Å². The van der Waals surface area contributed by atoms with Crippen molar-refractivity contribution in [1.82, 2.24) is 0 Å². The summed E-state index contributed by atoms with van der Waals surface area (Å²) in [5.41, 5.74) is 0.0648. The fourth-order valence-corrected chi connectivity index (χ4v) is 6.99. The molecule has 0 aliphatic rings. The normalized spacial score (nSPS) is 9.18. The molecule has 0 radical (unpaired) electrons. The molecule has 0 rings (SSSR count). The zero-order chi connectivity index (χ0) is 13.7. The second kappa shape index (κ2) is 14.1. The van der Waals surface area contributed by atoms with E-state index < -0.39 is 25.7 Å². The summed E-state index contributed by atoms with van der Waals surface area (Å²) in [7, 11) is 0. The number of unbranched alkanes of at least 4 members (excludes halogenated alkanes) is 3. The van der Waals surface area contributed by atoms with Crippen LogP contribution in [-0.4, -0.2) is 25.7 Å². The molecule has 0 spiro atoms. The molecule has 3 heteroatoms. The molecule has 0 aliphatic heterocycles. The van der Waals surface area contributed by atoms with Crippen molar-refractivity contribution in [2.24, 2.45) is 0 Å². The zero-order valence-corrected chi connectivity index (χ0v) is 14.8. The van der Waals surface area contributed by atoms with Crippen molar-refractivity contribution in [1.29, 1.82) is 0 Å². The van der Waals surface area contributed by atoms with E-state index in [4.69, 9.17) is 0 Å². The van der Waals surface area contributed by atoms with Gasteiger partial charge in [-0.25, -0.2) is 0 Å². The molecule has 2 nitrogen and oxygen atoms in total. The monoisotopic (exact) mass is 348 g/mol. The molecular weight excluding hydrogens is 319 g/mol. The predicted molar refractivity (Wildman–Crippen MR) is 75.5 cm³/mol. The molecule has 0 bridgehead atoms. The van der Waals surface area contributed by atoms with Crippen LogP contribution in [-0.2, 0) is 4.79 Å². The summed E-state index contributed by atoms with van der Waals surface area (Å²) in [6.45, 7) is 11.6. The number of hydrogen-bond acceptors (Lipinski definition) is 2. The Morgan fingerprint density at radius 1 is 1.12 bits per heavy atom. The number of aliphatic carboxylic acids is 1. The zero-order valence-electron chi connectivity index (χ0n) is 12.0. The molecule has 17 heavy (non-hydrogen) atoms. The Morgan fingerprint density at radius 3 is 1.88 bits per heavy atom. The summed E-state index contributed by atoms with van der Waals surface area (Å²) in [6.07, 6.45) is 5.89. The molecule has 0 aromatic carbocycles. The van der Waals surface area contributed by atoms with Gasteiger partial charge in [-0.1, -0.05) is 6.58 Å². The molecule has 0 aliphatic carbocycles. The first-order valence-corrected chi connectivity index (χ1v) is 12.7. The van der Waals surface area contributed by atoms with Crippen molar-refractivity contribution < 1.29 is 9.90 Å². The van der Waals surface area contributed by atoms with Gasteiger partial charge in [-0.05, 0) is 12.5 Å². The fraction of sp³-hybridized carbons (Fsp3) is 0.786. The van der Waals surface area contributed by atoms with Gasteiger partial charge in [-0.15, -0.1) is 0 Å². The Balaban J connectivity index is 0. The molecule has 0 unspecified atom stereocenters. The maximum atomic E-state index is 9.49. The molecule has 0 aromatic rings. The van der Waals surface area contributed by atoms with Gasteiger partial charge in [0.25, 0.3) is 0 Å². The minimum atomic E-state index is -1.19. The van der Waals surface area contributed by atoms with Gasteiger partial charge in [-0.3, -0.25) is 0 Å². The Kier molecular flexibility index (Phi) is 16.0. The summed E-state index contributed by atoms with van der Waals surface area (Å²) < 4.78 is 4.81. The van der Waals surface area contributed by atoms with Gasteiger partial charge in [0, 0.05) is 0 Å². The molecule has 0 saturated heterocycles. The summed E-state index contributed by atoms with van der Waals surface area (Å²) in [4.78, 5) is 9.49. The first kappa shape index (κ1) is 19.4. The van der Waals surface area contributed by atoms with Gasteiger partial charge < -0.3 is 9.90 Å². The van der Waals surface area contributed by atoms with E-state index in [0.29, 0.717) is 0 Å². The topological polar surface area (TPSA) is 40.1 Å². The molecule has 0 fully saturated rings. The first-order chi connectivity index (χ1) is 7.99. The Labute approximate surface area is 114 Å². The second-order valence-electron chi connectivity index (χ2n) is 4.34. The quantitative estimate of drug-likeness (QED) is 0.384. The average Bonchev–Trinajstić information content (AvgIpc) is 2.30. The maximum absolute atomic E-state index is 9.49. The molecule has 0 saturated carbocycles. The molecule has 0 heterocycles. The van der Waals surface area contributed by atoms with Crippen LogP contribution in [0.1, 0.15) is 53.4 Å². The standard InChI is InChI=1S/C6H13.C4H6O2.2C2H5.Sn/c1-3-5-6-4-2;1-3(2)4(5)6;2*1-2;/h1,3-6H2,2H3;1H2,2H3,(H,5,6);2*1H2,2H3;/q;;;;+1/p-1. The average molecular weight is 347 g/mol. The van der Waals surface area contributed by atoms with Crippen molar-refractivity contribution in [3.05, 3.63) is 12.2 Å². The van der Waals surface area contributed by atoms with Gasteiger partial charge in [0.05, 0.1) is 5.97 Å². The summed E-state index contributed by atoms with van der Waals surface area (Å²) >= 11 is -0.751. The van der Waals surface area contributed by atoms with E-state index in [1.807, 2.05) is 0 Å². The van der Waals surface area contributed by atoms with Crippen LogP contribution in [0.2, 0.25) is 13.3 Å².